The first-order chi connectivity index (χ1) is 15.7. The summed E-state index contributed by atoms with van der Waals surface area (Å²) in [5.74, 6) is -0.536. The summed E-state index contributed by atoms with van der Waals surface area (Å²) in [6.45, 7) is 1.83. The van der Waals surface area contributed by atoms with E-state index in [-0.39, 0.29) is 22.9 Å². The number of sulfonamides is 1. The van der Waals surface area contributed by atoms with Gasteiger partial charge in [-0.15, -0.1) is 0 Å². The first kappa shape index (κ1) is 22.9. The molecule has 1 N–H and O–H groups in total. The zero-order valence-electron chi connectivity index (χ0n) is 17.5. The highest BCUT2D eigenvalue weighted by molar-refractivity contribution is 7.92. The second-order valence-corrected chi connectivity index (χ2v) is 9.60. The average molecular weight is 491 g/mol. The fourth-order valence-electron chi connectivity index (χ4n) is 3.35. The van der Waals surface area contributed by atoms with Crippen LogP contribution in [0.25, 0.3) is 0 Å². The number of carbonyl (C=O) groups excluding carboxylic acids is 1. The predicted octanol–water partition coefficient (Wildman–Crippen LogP) is 4.39. The molecular weight excluding hydrogens is 471 g/mol. The molecular formula is C23H20ClFN2O5S. The summed E-state index contributed by atoms with van der Waals surface area (Å²) in [7, 11) is -4.26. The molecule has 0 saturated heterocycles. The molecule has 0 radical (unpaired) electrons. The summed E-state index contributed by atoms with van der Waals surface area (Å²) in [5, 5.41) is 3.19. The fraction of sp³-hybridized carbons (Fsp3) is 0.174. The van der Waals surface area contributed by atoms with Crippen molar-refractivity contribution in [1.29, 1.82) is 0 Å². The highest BCUT2D eigenvalue weighted by Gasteiger charge is 2.29. The molecule has 0 bridgehead atoms. The number of nitrogens with one attached hydrogen (secondary N) is 1. The molecule has 1 aliphatic heterocycles. The molecule has 0 unspecified atom stereocenters. The van der Waals surface area contributed by atoms with Gasteiger partial charge < -0.3 is 14.8 Å². The van der Waals surface area contributed by atoms with Gasteiger partial charge in [0.05, 0.1) is 10.6 Å². The highest BCUT2D eigenvalue weighted by atomic mass is 35.5. The number of carbonyl (C=O) groups is 1. The van der Waals surface area contributed by atoms with Crippen molar-refractivity contribution in [1.82, 2.24) is 0 Å². The van der Waals surface area contributed by atoms with Crippen LogP contribution in [0.15, 0.2) is 65.6 Å². The third-order valence-electron chi connectivity index (χ3n) is 4.95. The van der Waals surface area contributed by atoms with E-state index in [0.29, 0.717) is 28.6 Å². The van der Waals surface area contributed by atoms with E-state index in [1.807, 2.05) is 0 Å². The van der Waals surface area contributed by atoms with Crippen molar-refractivity contribution < 1.29 is 27.1 Å². The van der Waals surface area contributed by atoms with Gasteiger partial charge in [0.1, 0.15) is 25.6 Å². The molecule has 1 amide bonds. The van der Waals surface area contributed by atoms with E-state index in [9.17, 15) is 17.6 Å². The molecule has 3 aromatic carbocycles. The Balaban J connectivity index is 1.68. The van der Waals surface area contributed by atoms with Gasteiger partial charge in [0.2, 0.25) is 5.91 Å². The second-order valence-electron chi connectivity index (χ2n) is 7.30. The number of benzene rings is 3. The van der Waals surface area contributed by atoms with Gasteiger partial charge >= 0.3 is 0 Å². The number of aryl methyl sites for hydroxylation is 1. The minimum absolute atomic E-state index is 0.00728. The van der Waals surface area contributed by atoms with Crippen molar-refractivity contribution in [2.75, 3.05) is 29.4 Å². The normalized spacial score (nSPS) is 12.8. The number of rotatable bonds is 6. The average Bonchev–Trinajstić information content (AvgIpc) is 2.79. The Morgan fingerprint density at radius 1 is 1.06 bits per heavy atom. The maximum absolute atomic E-state index is 13.9. The lowest BCUT2D eigenvalue weighted by molar-refractivity contribution is -0.114. The summed E-state index contributed by atoms with van der Waals surface area (Å²) in [5.41, 5.74) is 1.20. The van der Waals surface area contributed by atoms with Crippen LogP contribution in [0.5, 0.6) is 11.5 Å². The van der Waals surface area contributed by atoms with E-state index in [1.54, 1.807) is 25.1 Å². The number of anilines is 2. The first-order valence-corrected chi connectivity index (χ1v) is 11.8. The molecule has 7 nitrogen and oxygen atoms in total. The standard InChI is InChI=1S/C23H20ClFN2O5S/c1-15-11-16(24)5-7-20(15)26-23(28)14-27(18-4-2-3-17(25)12-18)33(29,30)19-6-8-21-22(13-19)32-10-9-31-21/h2-8,11-13H,9-10,14H2,1H3,(H,26,28). The molecule has 1 heterocycles. The molecule has 4 rings (SSSR count). The molecule has 0 aliphatic carbocycles. The van der Waals surface area contributed by atoms with Gasteiger partial charge in [-0.1, -0.05) is 17.7 Å². The molecule has 0 spiro atoms. The minimum Gasteiger partial charge on any atom is -0.486 e. The van der Waals surface area contributed by atoms with Crippen molar-refractivity contribution in [2.24, 2.45) is 0 Å². The highest BCUT2D eigenvalue weighted by Crippen LogP contribution is 2.34. The summed E-state index contributed by atoms with van der Waals surface area (Å²) >= 11 is 5.96. The Kier molecular flexibility index (Phi) is 6.44. The Labute approximate surface area is 195 Å². The Hall–Kier alpha value is -3.30. The van der Waals surface area contributed by atoms with Crippen LogP contribution in [0, 0.1) is 12.7 Å². The smallest absolute Gasteiger partial charge is 0.264 e. The number of hydrogen-bond donors (Lipinski definition) is 1. The van der Waals surface area contributed by atoms with Crippen LogP contribution >= 0.6 is 11.6 Å². The van der Waals surface area contributed by atoms with Crippen molar-refractivity contribution in [3.63, 3.8) is 0 Å². The van der Waals surface area contributed by atoms with Crippen LogP contribution in [-0.4, -0.2) is 34.1 Å². The molecule has 0 aromatic heterocycles. The quantitative estimate of drug-likeness (QED) is 0.554. The van der Waals surface area contributed by atoms with Gasteiger partial charge in [0, 0.05) is 16.8 Å². The zero-order valence-corrected chi connectivity index (χ0v) is 19.1. The van der Waals surface area contributed by atoms with Crippen LogP contribution in [0.1, 0.15) is 5.56 Å². The van der Waals surface area contributed by atoms with Crippen molar-refractivity contribution in [3.8, 4) is 11.5 Å². The van der Waals surface area contributed by atoms with E-state index in [2.05, 4.69) is 5.32 Å². The molecule has 0 saturated carbocycles. The summed E-state index contributed by atoms with van der Waals surface area (Å²) < 4.78 is 52.8. The maximum atomic E-state index is 13.9. The number of hydrogen-bond acceptors (Lipinski definition) is 5. The Morgan fingerprint density at radius 3 is 2.55 bits per heavy atom. The lowest BCUT2D eigenvalue weighted by atomic mass is 10.2. The maximum Gasteiger partial charge on any atom is 0.264 e. The molecule has 0 atom stereocenters. The van der Waals surface area contributed by atoms with E-state index >= 15 is 0 Å². The second kappa shape index (κ2) is 9.29. The van der Waals surface area contributed by atoms with E-state index in [4.69, 9.17) is 21.1 Å². The third-order valence-corrected chi connectivity index (χ3v) is 6.95. The summed E-state index contributed by atoms with van der Waals surface area (Å²) in [6, 6.07) is 14.1. The van der Waals surface area contributed by atoms with Crippen molar-refractivity contribution in [3.05, 3.63) is 77.1 Å². The van der Waals surface area contributed by atoms with Crippen LogP contribution in [-0.2, 0) is 14.8 Å². The monoisotopic (exact) mass is 490 g/mol. The van der Waals surface area contributed by atoms with E-state index in [0.717, 1.165) is 10.4 Å². The number of ether oxygens (including phenoxy) is 2. The Morgan fingerprint density at radius 2 is 1.82 bits per heavy atom. The summed E-state index contributed by atoms with van der Waals surface area (Å²) in [6.07, 6.45) is 0. The van der Waals surface area contributed by atoms with Crippen LogP contribution < -0.4 is 19.1 Å². The molecule has 172 valence electrons. The molecule has 3 aromatic rings. The van der Waals surface area contributed by atoms with Gasteiger partial charge in [-0.2, -0.15) is 0 Å². The number of halogens is 2. The van der Waals surface area contributed by atoms with Crippen molar-refractivity contribution in [2.45, 2.75) is 11.8 Å². The van der Waals surface area contributed by atoms with Gasteiger partial charge in [0.25, 0.3) is 10.0 Å². The number of nitrogens with zero attached hydrogens (tertiary/aromatic N) is 1. The lowest BCUT2D eigenvalue weighted by Crippen LogP contribution is -2.38. The number of amides is 1. The first-order valence-electron chi connectivity index (χ1n) is 9.98. The van der Waals surface area contributed by atoms with Gasteiger partial charge in [-0.3, -0.25) is 9.10 Å². The van der Waals surface area contributed by atoms with Crippen LogP contribution in [0.2, 0.25) is 5.02 Å². The van der Waals surface area contributed by atoms with Gasteiger partial charge in [-0.05, 0) is 61.0 Å². The van der Waals surface area contributed by atoms with Gasteiger partial charge in [-0.25, -0.2) is 12.8 Å². The van der Waals surface area contributed by atoms with E-state index in [1.165, 1.54) is 36.4 Å². The minimum atomic E-state index is -4.26. The fourth-order valence-corrected chi connectivity index (χ4v) is 5.00. The zero-order chi connectivity index (χ0) is 23.6. The lowest BCUT2D eigenvalue weighted by Gasteiger charge is -2.25. The largest absolute Gasteiger partial charge is 0.486 e. The molecule has 1 aliphatic rings. The molecule has 10 heteroatoms. The Bertz CT molecular complexity index is 1320. The summed E-state index contributed by atoms with van der Waals surface area (Å²) in [4.78, 5) is 12.7. The van der Waals surface area contributed by atoms with Crippen molar-refractivity contribution >= 4 is 38.9 Å². The topological polar surface area (TPSA) is 84.9 Å². The van der Waals surface area contributed by atoms with Gasteiger partial charge in [0.15, 0.2) is 11.5 Å². The van der Waals surface area contributed by atoms with Crippen LogP contribution in [0.4, 0.5) is 15.8 Å². The molecule has 0 fully saturated rings. The van der Waals surface area contributed by atoms with Crippen LogP contribution in [0.3, 0.4) is 0 Å². The SMILES string of the molecule is Cc1cc(Cl)ccc1NC(=O)CN(c1cccc(F)c1)S(=O)(=O)c1ccc2c(c1)OCCO2. The predicted molar refractivity (Wildman–Crippen MR) is 123 cm³/mol. The molecule has 33 heavy (non-hydrogen) atoms. The van der Waals surface area contributed by atoms with E-state index < -0.39 is 28.3 Å². The number of fused-ring (bicyclic) bond motifs is 1. The third kappa shape index (κ3) is 5.04.